The molecule has 0 aliphatic heterocycles. The van der Waals surface area contributed by atoms with E-state index in [4.69, 9.17) is 0 Å². The molecule has 0 aliphatic carbocycles. The average Bonchev–Trinajstić information content (AvgIpc) is 2.47. The maximum Gasteiger partial charge on any atom is 0.264 e. The van der Waals surface area contributed by atoms with Gasteiger partial charge >= 0.3 is 0 Å². The molecular weight excluding hydrogens is 316 g/mol. The SMILES string of the molecule is CC(C)CC(=O)Nc1ccc(S(=O)(=O)Nc2ncccn2)cc1. The third-order valence-corrected chi connectivity index (χ3v) is 4.18. The van der Waals surface area contributed by atoms with Crippen LogP contribution in [-0.2, 0) is 14.8 Å². The summed E-state index contributed by atoms with van der Waals surface area (Å²) in [6.45, 7) is 3.90. The van der Waals surface area contributed by atoms with Crippen LogP contribution in [0.2, 0.25) is 0 Å². The van der Waals surface area contributed by atoms with Crippen LogP contribution in [0.15, 0.2) is 47.6 Å². The first kappa shape index (κ1) is 16.9. The number of carbonyl (C=O) groups excluding carboxylic acids is 1. The monoisotopic (exact) mass is 334 g/mol. The molecule has 0 spiro atoms. The molecule has 2 N–H and O–H groups in total. The van der Waals surface area contributed by atoms with E-state index in [1.165, 1.54) is 24.5 Å². The van der Waals surface area contributed by atoms with Gasteiger partial charge in [0.05, 0.1) is 4.90 Å². The zero-order valence-electron chi connectivity index (χ0n) is 12.9. The molecule has 2 rings (SSSR count). The van der Waals surface area contributed by atoms with Crippen molar-refractivity contribution in [3.8, 4) is 0 Å². The summed E-state index contributed by atoms with van der Waals surface area (Å²) in [5, 5.41) is 2.72. The highest BCUT2D eigenvalue weighted by atomic mass is 32.2. The van der Waals surface area contributed by atoms with Gasteiger partial charge in [-0.15, -0.1) is 0 Å². The van der Waals surface area contributed by atoms with Crippen molar-refractivity contribution >= 4 is 27.6 Å². The highest BCUT2D eigenvalue weighted by Gasteiger charge is 2.15. The minimum Gasteiger partial charge on any atom is -0.326 e. The molecule has 0 atom stereocenters. The van der Waals surface area contributed by atoms with E-state index < -0.39 is 10.0 Å². The Bertz CT molecular complexity index is 759. The average molecular weight is 334 g/mol. The number of amides is 1. The summed E-state index contributed by atoms with van der Waals surface area (Å²) in [6, 6.07) is 7.50. The summed E-state index contributed by atoms with van der Waals surface area (Å²) >= 11 is 0. The molecule has 1 aromatic heterocycles. The molecule has 23 heavy (non-hydrogen) atoms. The maximum absolute atomic E-state index is 12.2. The maximum atomic E-state index is 12.2. The van der Waals surface area contributed by atoms with Crippen LogP contribution in [0.4, 0.5) is 11.6 Å². The Balaban J connectivity index is 2.08. The first-order valence-electron chi connectivity index (χ1n) is 7.06. The van der Waals surface area contributed by atoms with Crippen LogP contribution in [0, 0.1) is 5.92 Å². The van der Waals surface area contributed by atoms with Crippen molar-refractivity contribution in [2.24, 2.45) is 5.92 Å². The Hall–Kier alpha value is -2.48. The second-order valence-electron chi connectivity index (χ2n) is 5.35. The fraction of sp³-hybridized carbons (Fsp3) is 0.267. The van der Waals surface area contributed by atoms with Gasteiger partial charge in [-0.3, -0.25) is 4.79 Å². The van der Waals surface area contributed by atoms with E-state index in [-0.39, 0.29) is 22.7 Å². The van der Waals surface area contributed by atoms with E-state index in [0.717, 1.165) is 0 Å². The molecule has 1 heterocycles. The lowest BCUT2D eigenvalue weighted by atomic mass is 10.1. The number of sulfonamides is 1. The lowest BCUT2D eigenvalue weighted by Gasteiger charge is -2.09. The lowest BCUT2D eigenvalue weighted by Crippen LogP contribution is -2.16. The number of benzene rings is 1. The van der Waals surface area contributed by atoms with Crippen molar-refractivity contribution in [2.75, 3.05) is 10.0 Å². The molecule has 0 saturated heterocycles. The van der Waals surface area contributed by atoms with Crippen LogP contribution < -0.4 is 10.0 Å². The summed E-state index contributed by atoms with van der Waals surface area (Å²) in [5.41, 5.74) is 0.547. The number of nitrogens with zero attached hydrogens (tertiary/aromatic N) is 2. The molecule has 122 valence electrons. The number of hydrogen-bond donors (Lipinski definition) is 2. The number of aromatic nitrogens is 2. The molecule has 1 amide bonds. The van der Waals surface area contributed by atoms with Crippen LogP contribution in [0.25, 0.3) is 0 Å². The molecule has 0 bridgehead atoms. The largest absolute Gasteiger partial charge is 0.326 e. The summed E-state index contributed by atoms with van der Waals surface area (Å²) in [4.78, 5) is 19.4. The van der Waals surface area contributed by atoms with Crippen molar-refractivity contribution in [3.05, 3.63) is 42.7 Å². The Morgan fingerprint density at radius 1 is 1.13 bits per heavy atom. The summed E-state index contributed by atoms with van der Waals surface area (Å²) in [6.07, 6.45) is 3.30. The second-order valence-corrected chi connectivity index (χ2v) is 7.03. The highest BCUT2D eigenvalue weighted by Crippen LogP contribution is 2.16. The number of rotatable bonds is 6. The number of anilines is 2. The molecule has 0 saturated carbocycles. The van der Waals surface area contributed by atoms with Crippen LogP contribution in [0.3, 0.4) is 0 Å². The van der Waals surface area contributed by atoms with E-state index in [1.807, 2.05) is 13.8 Å². The number of nitrogens with one attached hydrogen (secondary N) is 2. The van der Waals surface area contributed by atoms with E-state index >= 15 is 0 Å². The van der Waals surface area contributed by atoms with Gasteiger partial charge in [0, 0.05) is 24.5 Å². The molecule has 0 unspecified atom stereocenters. The minimum absolute atomic E-state index is 0.00168. The molecule has 7 nitrogen and oxygen atoms in total. The zero-order chi connectivity index (χ0) is 16.9. The topological polar surface area (TPSA) is 101 Å². The molecule has 8 heteroatoms. The smallest absolute Gasteiger partial charge is 0.264 e. The van der Waals surface area contributed by atoms with Crippen molar-refractivity contribution in [2.45, 2.75) is 25.2 Å². The van der Waals surface area contributed by atoms with E-state index in [0.29, 0.717) is 12.1 Å². The van der Waals surface area contributed by atoms with Gasteiger partial charge in [0.2, 0.25) is 11.9 Å². The van der Waals surface area contributed by atoms with Crippen molar-refractivity contribution in [3.63, 3.8) is 0 Å². The zero-order valence-corrected chi connectivity index (χ0v) is 13.7. The highest BCUT2D eigenvalue weighted by molar-refractivity contribution is 7.92. The minimum atomic E-state index is -3.77. The van der Waals surface area contributed by atoms with Crippen LogP contribution >= 0.6 is 0 Å². The normalized spacial score (nSPS) is 11.3. The van der Waals surface area contributed by atoms with Crippen molar-refractivity contribution in [1.82, 2.24) is 9.97 Å². The molecule has 0 aliphatic rings. The van der Waals surface area contributed by atoms with Gasteiger partial charge in [-0.05, 0) is 36.2 Å². The van der Waals surface area contributed by atoms with Crippen molar-refractivity contribution in [1.29, 1.82) is 0 Å². The lowest BCUT2D eigenvalue weighted by molar-refractivity contribution is -0.116. The summed E-state index contributed by atoms with van der Waals surface area (Å²) in [7, 11) is -3.77. The van der Waals surface area contributed by atoms with E-state index in [9.17, 15) is 13.2 Å². The molecule has 0 radical (unpaired) electrons. The first-order chi connectivity index (χ1) is 10.9. The Labute approximate surface area is 135 Å². The predicted octanol–water partition coefficient (Wildman–Crippen LogP) is 2.26. The Morgan fingerprint density at radius 2 is 1.74 bits per heavy atom. The molecule has 0 fully saturated rings. The standard InChI is InChI=1S/C15H18N4O3S/c1-11(2)10-14(20)18-12-4-6-13(7-5-12)23(21,22)19-15-16-8-3-9-17-15/h3-9,11H,10H2,1-2H3,(H,18,20)(H,16,17,19). The Kier molecular flexibility index (Phi) is 5.28. The van der Waals surface area contributed by atoms with Crippen LogP contribution in [-0.4, -0.2) is 24.3 Å². The third kappa shape index (κ3) is 5.03. The van der Waals surface area contributed by atoms with Gasteiger partial charge in [0.1, 0.15) is 0 Å². The molecular formula is C15H18N4O3S. The first-order valence-corrected chi connectivity index (χ1v) is 8.55. The third-order valence-electron chi connectivity index (χ3n) is 2.83. The fourth-order valence-electron chi connectivity index (χ4n) is 1.83. The van der Waals surface area contributed by atoms with Gasteiger partial charge in [-0.2, -0.15) is 0 Å². The molecule has 1 aromatic carbocycles. The van der Waals surface area contributed by atoms with E-state index in [1.54, 1.807) is 18.2 Å². The number of hydrogen-bond acceptors (Lipinski definition) is 5. The summed E-state index contributed by atoms with van der Waals surface area (Å²) in [5.74, 6) is 0.151. The van der Waals surface area contributed by atoms with Gasteiger partial charge in [-0.25, -0.2) is 23.1 Å². The summed E-state index contributed by atoms with van der Waals surface area (Å²) < 4.78 is 26.7. The second kappa shape index (κ2) is 7.19. The fourth-order valence-corrected chi connectivity index (χ4v) is 2.79. The van der Waals surface area contributed by atoms with Gasteiger partial charge < -0.3 is 5.32 Å². The van der Waals surface area contributed by atoms with Gasteiger partial charge in [0.15, 0.2) is 0 Å². The van der Waals surface area contributed by atoms with Crippen LogP contribution in [0.5, 0.6) is 0 Å². The number of carbonyl (C=O) groups is 1. The molecule has 2 aromatic rings. The van der Waals surface area contributed by atoms with Gasteiger partial charge in [0.25, 0.3) is 10.0 Å². The predicted molar refractivity (Wildman–Crippen MR) is 87.4 cm³/mol. The van der Waals surface area contributed by atoms with Gasteiger partial charge in [-0.1, -0.05) is 13.8 Å². The van der Waals surface area contributed by atoms with Crippen molar-refractivity contribution < 1.29 is 13.2 Å². The quantitative estimate of drug-likeness (QED) is 0.844. The van der Waals surface area contributed by atoms with E-state index in [2.05, 4.69) is 20.0 Å². The van der Waals surface area contributed by atoms with Crippen LogP contribution in [0.1, 0.15) is 20.3 Å². The Morgan fingerprint density at radius 3 is 2.30 bits per heavy atom.